The van der Waals surface area contributed by atoms with E-state index in [1.54, 1.807) is 0 Å². The fraction of sp³-hybridized carbons (Fsp3) is 0.400. The number of nitrogens with zero attached hydrogens (tertiary/aromatic N) is 2. The summed E-state index contributed by atoms with van der Waals surface area (Å²) in [5, 5.41) is 5.26. The highest BCUT2D eigenvalue weighted by Crippen LogP contribution is 2.27. The molecule has 2 rings (SSSR count). The largest absolute Gasteiger partial charge is 0.324 e. The fourth-order valence-electron chi connectivity index (χ4n) is 2.26. The molecule has 5 heteroatoms. The van der Waals surface area contributed by atoms with Crippen molar-refractivity contribution in [1.29, 1.82) is 0 Å². The van der Waals surface area contributed by atoms with Crippen LogP contribution in [-0.2, 0) is 19.4 Å². The average Bonchev–Trinajstić information content (AvgIpc) is 2.83. The zero-order valence-electron chi connectivity index (χ0n) is 11.7. The van der Waals surface area contributed by atoms with Gasteiger partial charge in [0.2, 0.25) is 0 Å². The number of aryl methyl sites for hydroxylation is 2. The van der Waals surface area contributed by atoms with E-state index in [0.717, 1.165) is 35.1 Å². The summed E-state index contributed by atoms with van der Waals surface area (Å²) in [5.74, 6) is 0. The number of hydrogen-bond donors (Lipinski definition) is 1. The number of rotatable bonds is 5. The Hall–Kier alpha value is -0.840. The van der Waals surface area contributed by atoms with Crippen molar-refractivity contribution < 1.29 is 0 Å². The van der Waals surface area contributed by atoms with Crippen LogP contribution in [0.3, 0.4) is 0 Å². The molecule has 0 aliphatic carbocycles. The predicted octanol–water partition coefficient (Wildman–Crippen LogP) is 4.12. The molecule has 0 bridgehead atoms. The van der Waals surface area contributed by atoms with Crippen LogP contribution in [0.4, 0.5) is 0 Å². The quantitative estimate of drug-likeness (QED) is 0.875. The predicted molar refractivity (Wildman–Crippen MR) is 87.1 cm³/mol. The van der Waals surface area contributed by atoms with Crippen molar-refractivity contribution >= 4 is 27.5 Å². The van der Waals surface area contributed by atoms with Gasteiger partial charge in [0.15, 0.2) is 0 Å². The normalized spacial score (nSPS) is 12.7. The Morgan fingerprint density at radius 1 is 1.35 bits per heavy atom. The lowest BCUT2D eigenvalue weighted by Gasteiger charge is -2.15. The van der Waals surface area contributed by atoms with E-state index in [9.17, 15) is 0 Å². The molecule has 0 fully saturated rings. The topological polar surface area (TPSA) is 43.8 Å². The van der Waals surface area contributed by atoms with Crippen LogP contribution in [0.1, 0.15) is 36.8 Å². The molecule has 1 aromatic heterocycles. The van der Waals surface area contributed by atoms with Crippen molar-refractivity contribution in [3.8, 4) is 0 Å². The van der Waals surface area contributed by atoms with E-state index in [-0.39, 0.29) is 6.04 Å². The molecule has 0 spiro atoms. The van der Waals surface area contributed by atoms with Gasteiger partial charge in [0, 0.05) is 34.2 Å². The summed E-state index contributed by atoms with van der Waals surface area (Å²) in [7, 11) is 0. The van der Waals surface area contributed by atoms with E-state index in [0.29, 0.717) is 5.02 Å². The molecular formula is C15H19BrClN3. The lowest BCUT2D eigenvalue weighted by atomic mass is 10.0. The molecule has 1 heterocycles. The van der Waals surface area contributed by atoms with Crippen molar-refractivity contribution in [3.63, 3.8) is 0 Å². The van der Waals surface area contributed by atoms with Gasteiger partial charge in [-0.05, 0) is 43.2 Å². The highest BCUT2D eigenvalue weighted by molar-refractivity contribution is 9.10. The molecule has 1 atom stereocenters. The lowest BCUT2D eigenvalue weighted by molar-refractivity contribution is 0.585. The second-order valence-corrected chi connectivity index (χ2v) is 6.06. The first kappa shape index (κ1) is 15.5. The van der Waals surface area contributed by atoms with Gasteiger partial charge < -0.3 is 5.73 Å². The maximum Gasteiger partial charge on any atom is 0.0624 e. The number of benzene rings is 1. The SMILES string of the molecule is CCc1cc(CC(N)c2cc(Cl)ccc2Br)n(CC)n1. The Labute approximate surface area is 133 Å². The lowest BCUT2D eigenvalue weighted by Crippen LogP contribution is -2.16. The highest BCUT2D eigenvalue weighted by atomic mass is 79.9. The first-order valence-electron chi connectivity index (χ1n) is 6.81. The molecule has 0 saturated carbocycles. The number of hydrogen-bond acceptors (Lipinski definition) is 2. The van der Waals surface area contributed by atoms with E-state index in [2.05, 4.69) is 40.9 Å². The van der Waals surface area contributed by atoms with Crippen LogP contribution in [-0.4, -0.2) is 9.78 Å². The van der Waals surface area contributed by atoms with Crippen molar-refractivity contribution in [2.24, 2.45) is 5.73 Å². The second-order valence-electron chi connectivity index (χ2n) is 4.77. The molecule has 0 amide bonds. The summed E-state index contributed by atoms with van der Waals surface area (Å²) in [6.45, 7) is 5.06. The van der Waals surface area contributed by atoms with E-state index in [1.807, 2.05) is 22.9 Å². The second kappa shape index (κ2) is 6.74. The molecule has 2 N–H and O–H groups in total. The molecule has 0 saturated heterocycles. The minimum atomic E-state index is -0.102. The van der Waals surface area contributed by atoms with E-state index >= 15 is 0 Å². The van der Waals surface area contributed by atoms with Crippen LogP contribution < -0.4 is 5.73 Å². The number of halogens is 2. The molecule has 1 unspecified atom stereocenters. The third-order valence-corrected chi connectivity index (χ3v) is 4.32. The third kappa shape index (κ3) is 3.43. The molecule has 1 aromatic carbocycles. The molecule has 108 valence electrons. The smallest absolute Gasteiger partial charge is 0.0624 e. The number of nitrogens with two attached hydrogens (primary N) is 1. The van der Waals surface area contributed by atoms with Gasteiger partial charge in [-0.2, -0.15) is 5.10 Å². The monoisotopic (exact) mass is 355 g/mol. The van der Waals surface area contributed by atoms with Crippen LogP contribution >= 0.6 is 27.5 Å². The first-order chi connectivity index (χ1) is 9.55. The van der Waals surface area contributed by atoms with Gasteiger partial charge in [0.25, 0.3) is 0 Å². The molecule has 0 aliphatic heterocycles. The van der Waals surface area contributed by atoms with Gasteiger partial charge in [-0.1, -0.05) is 34.5 Å². The molecule has 20 heavy (non-hydrogen) atoms. The van der Waals surface area contributed by atoms with E-state index < -0.39 is 0 Å². The van der Waals surface area contributed by atoms with E-state index in [4.69, 9.17) is 17.3 Å². The summed E-state index contributed by atoms with van der Waals surface area (Å²) >= 11 is 9.59. The molecular weight excluding hydrogens is 338 g/mol. The summed E-state index contributed by atoms with van der Waals surface area (Å²) in [6, 6.07) is 7.75. The van der Waals surface area contributed by atoms with Gasteiger partial charge in [-0.3, -0.25) is 4.68 Å². The third-order valence-electron chi connectivity index (χ3n) is 3.36. The van der Waals surface area contributed by atoms with Gasteiger partial charge >= 0.3 is 0 Å². The van der Waals surface area contributed by atoms with Crippen molar-refractivity contribution in [1.82, 2.24) is 9.78 Å². The molecule has 3 nitrogen and oxygen atoms in total. The van der Waals surface area contributed by atoms with Crippen LogP contribution in [0.5, 0.6) is 0 Å². The van der Waals surface area contributed by atoms with Gasteiger partial charge in [0.1, 0.15) is 0 Å². The van der Waals surface area contributed by atoms with Crippen LogP contribution in [0.2, 0.25) is 5.02 Å². The Morgan fingerprint density at radius 3 is 2.75 bits per heavy atom. The Balaban J connectivity index is 2.24. The first-order valence-corrected chi connectivity index (χ1v) is 7.98. The maximum absolute atomic E-state index is 6.34. The average molecular weight is 357 g/mol. The Morgan fingerprint density at radius 2 is 2.10 bits per heavy atom. The van der Waals surface area contributed by atoms with Gasteiger partial charge in [-0.15, -0.1) is 0 Å². The maximum atomic E-state index is 6.34. The summed E-state index contributed by atoms with van der Waals surface area (Å²) in [4.78, 5) is 0. The zero-order chi connectivity index (χ0) is 14.7. The number of aromatic nitrogens is 2. The summed E-state index contributed by atoms with van der Waals surface area (Å²) in [5.41, 5.74) is 9.65. The Kier molecular flexibility index (Phi) is 5.24. The fourth-order valence-corrected chi connectivity index (χ4v) is 2.98. The van der Waals surface area contributed by atoms with Crippen molar-refractivity contribution in [2.45, 2.75) is 39.3 Å². The Bertz CT molecular complexity index is 595. The standard InChI is InChI=1S/C15H19BrClN3/c1-3-11-8-12(20(4-2)19-11)9-15(18)13-7-10(17)5-6-14(13)16/h5-8,15H,3-4,9,18H2,1-2H3. The van der Waals surface area contributed by atoms with Crippen LogP contribution in [0.15, 0.2) is 28.7 Å². The van der Waals surface area contributed by atoms with Gasteiger partial charge in [-0.25, -0.2) is 0 Å². The zero-order valence-corrected chi connectivity index (χ0v) is 14.1. The van der Waals surface area contributed by atoms with Crippen molar-refractivity contribution in [2.75, 3.05) is 0 Å². The molecule has 2 aromatic rings. The molecule has 0 radical (unpaired) electrons. The molecule has 0 aliphatic rings. The summed E-state index contributed by atoms with van der Waals surface area (Å²) in [6.07, 6.45) is 1.69. The van der Waals surface area contributed by atoms with Crippen molar-refractivity contribution in [3.05, 3.63) is 50.7 Å². The van der Waals surface area contributed by atoms with Crippen LogP contribution in [0.25, 0.3) is 0 Å². The van der Waals surface area contributed by atoms with Crippen LogP contribution in [0, 0.1) is 0 Å². The summed E-state index contributed by atoms with van der Waals surface area (Å²) < 4.78 is 3.02. The van der Waals surface area contributed by atoms with E-state index in [1.165, 1.54) is 5.69 Å². The highest BCUT2D eigenvalue weighted by Gasteiger charge is 2.15. The van der Waals surface area contributed by atoms with Gasteiger partial charge in [0.05, 0.1) is 5.69 Å². The minimum absolute atomic E-state index is 0.102. The minimum Gasteiger partial charge on any atom is -0.324 e.